The van der Waals surface area contributed by atoms with E-state index in [-0.39, 0.29) is 23.2 Å². The second kappa shape index (κ2) is 11.5. The Morgan fingerprint density at radius 2 is 1.86 bits per heavy atom. The van der Waals surface area contributed by atoms with Crippen LogP contribution < -0.4 is 10.6 Å². The summed E-state index contributed by atoms with van der Waals surface area (Å²) >= 11 is 0. The number of nitrogens with one attached hydrogen (secondary N) is 2. The molecule has 0 bridgehead atoms. The summed E-state index contributed by atoms with van der Waals surface area (Å²) in [6.07, 6.45) is 8.34. The highest BCUT2D eigenvalue weighted by molar-refractivity contribution is 7.86. The van der Waals surface area contributed by atoms with E-state index in [1.54, 1.807) is 7.11 Å². The number of aromatic nitrogens is 3. The lowest BCUT2D eigenvalue weighted by molar-refractivity contribution is -0.120. The summed E-state index contributed by atoms with van der Waals surface area (Å²) in [5.74, 6) is 1.17. The number of ether oxygens (including phenoxy) is 1. The highest BCUT2D eigenvalue weighted by Crippen LogP contribution is 2.33. The van der Waals surface area contributed by atoms with Crippen molar-refractivity contribution in [3.05, 3.63) is 35.3 Å². The molecule has 9 heteroatoms. The van der Waals surface area contributed by atoms with E-state index in [0.29, 0.717) is 17.5 Å². The Labute approximate surface area is 218 Å². The van der Waals surface area contributed by atoms with Gasteiger partial charge >= 0.3 is 0 Å². The zero-order valence-corrected chi connectivity index (χ0v) is 23.9. The van der Waals surface area contributed by atoms with Gasteiger partial charge in [-0.1, -0.05) is 0 Å². The van der Waals surface area contributed by atoms with Gasteiger partial charge < -0.3 is 10.1 Å². The van der Waals surface area contributed by atoms with Gasteiger partial charge in [0.15, 0.2) is 0 Å². The fraction of sp³-hybridized carbons (Fsp3) is 0.667. The number of carbonyl (C=O) groups excluding carboxylic acids is 1. The molecule has 0 radical (unpaired) electrons. The molecule has 1 aliphatic heterocycles. The molecule has 1 fully saturated rings. The van der Waals surface area contributed by atoms with Crippen molar-refractivity contribution in [1.29, 1.82) is 0 Å². The van der Waals surface area contributed by atoms with Gasteiger partial charge in [-0.2, -0.15) is 5.10 Å². The molecule has 3 heterocycles. The summed E-state index contributed by atoms with van der Waals surface area (Å²) in [6.45, 7) is 14.2. The number of amides is 1. The summed E-state index contributed by atoms with van der Waals surface area (Å²) in [4.78, 5) is 15.0. The molecule has 1 amide bonds. The van der Waals surface area contributed by atoms with Gasteiger partial charge in [0.05, 0.1) is 11.2 Å². The van der Waals surface area contributed by atoms with Crippen molar-refractivity contribution < 1.29 is 13.7 Å². The average Bonchev–Trinajstić information content (AvgIpc) is 3.16. The molecule has 1 aliphatic carbocycles. The third kappa shape index (κ3) is 7.23. The van der Waals surface area contributed by atoms with Crippen LogP contribution in [0.15, 0.2) is 18.5 Å². The lowest BCUT2D eigenvalue weighted by atomic mass is 9.93. The zero-order chi connectivity index (χ0) is 26.7. The number of pyridine rings is 1. The Morgan fingerprint density at radius 3 is 2.42 bits per heavy atom. The molecule has 0 spiro atoms. The normalized spacial score (nSPS) is 22.2. The monoisotopic (exact) mass is 517 g/mol. The molecule has 2 aliphatic rings. The molecular formula is C27H43N5O3S. The number of methoxy groups -OCH3 is 1. The fourth-order valence-electron chi connectivity index (χ4n) is 4.85. The van der Waals surface area contributed by atoms with E-state index >= 15 is 0 Å². The molecule has 2 aromatic rings. The van der Waals surface area contributed by atoms with E-state index in [1.165, 1.54) is 31.0 Å². The summed E-state index contributed by atoms with van der Waals surface area (Å²) in [6, 6.07) is 2.54. The third-order valence-corrected chi connectivity index (χ3v) is 8.19. The molecule has 2 N–H and O–H groups in total. The average molecular weight is 518 g/mol. The summed E-state index contributed by atoms with van der Waals surface area (Å²) in [5, 5.41) is 11.2. The van der Waals surface area contributed by atoms with Gasteiger partial charge in [0.2, 0.25) is 5.91 Å². The molecule has 36 heavy (non-hydrogen) atoms. The minimum Gasteiger partial charge on any atom is -0.362 e. The molecule has 1 saturated heterocycles. The van der Waals surface area contributed by atoms with Crippen LogP contribution in [0, 0.1) is 0 Å². The predicted molar refractivity (Wildman–Crippen MR) is 145 cm³/mol. The first-order valence-electron chi connectivity index (χ1n) is 12.8. The molecule has 200 valence electrons. The lowest BCUT2D eigenvalue weighted by Crippen LogP contribution is -2.60. The van der Waals surface area contributed by atoms with Gasteiger partial charge in [0.25, 0.3) is 0 Å². The topological polar surface area (TPSA) is 98.1 Å². The highest BCUT2D eigenvalue weighted by atomic mass is 32.2. The molecule has 4 rings (SSSR count). The van der Waals surface area contributed by atoms with Crippen LogP contribution in [0.1, 0.15) is 90.4 Å². The van der Waals surface area contributed by atoms with Crippen LogP contribution >= 0.6 is 0 Å². The summed E-state index contributed by atoms with van der Waals surface area (Å²) < 4.78 is 18.5. The van der Waals surface area contributed by atoms with Gasteiger partial charge in [-0.15, -0.1) is 0 Å². The van der Waals surface area contributed by atoms with Crippen molar-refractivity contribution >= 4 is 16.7 Å². The van der Waals surface area contributed by atoms with Crippen LogP contribution in [-0.2, 0) is 33.2 Å². The Morgan fingerprint density at radius 1 is 1.19 bits per heavy atom. The van der Waals surface area contributed by atoms with E-state index < -0.39 is 10.8 Å². The zero-order valence-electron chi connectivity index (χ0n) is 23.1. The Balaban J connectivity index is 0.000000303. The molecule has 0 aromatic carbocycles. The minimum atomic E-state index is -0.693. The third-order valence-electron chi connectivity index (χ3n) is 6.27. The number of nitrogens with zero attached hydrogens (tertiary/aromatic N) is 3. The van der Waals surface area contributed by atoms with Crippen LogP contribution in [0.25, 0.3) is 11.3 Å². The first kappa shape index (κ1) is 28.5. The number of fused-ring (bicyclic) bond motifs is 1. The maximum Gasteiger partial charge on any atom is 0.217 e. The smallest absolute Gasteiger partial charge is 0.217 e. The summed E-state index contributed by atoms with van der Waals surface area (Å²) in [7, 11) is 1.04. The van der Waals surface area contributed by atoms with Crippen molar-refractivity contribution in [2.24, 2.45) is 0 Å². The van der Waals surface area contributed by atoms with Crippen molar-refractivity contribution in [3.63, 3.8) is 0 Å². The van der Waals surface area contributed by atoms with E-state index in [9.17, 15) is 9.00 Å². The van der Waals surface area contributed by atoms with Crippen molar-refractivity contribution in [2.45, 2.75) is 97.5 Å². The second-order valence-corrected chi connectivity index (χ2v) is 13.0. The predicted octanol–water partition coefficient (Wildman–Crippen LogP) is 4.08. The van der Waals surface area contributed by atoms with Gasteiger partial charge in [-0.3, -0.25) is 24.0 Å². The standard InChI is InChI=1S/C21H32N4O.C6H11NO2S/c1-14(2)25-18-10-8-7-9-17(18)19(24-25)15-11-16(13-22-12-15)20(26-6)23-21(3,4)5;1-5(8)7-6(2)3-10(9)4-6/h11-14,20,23H,7-10H2,1-6H3;3-4H2,1-2H3,(H,7,8). The van der Waals surface area contributed by atoms with Crippen molar-refractivity contribution in [2.75, 3.05) is 18.6 Å². The first-order chi connectivity index (χ1) is 16.8. The second-order valence-electron chi connectivity index (χ2n) is 11.5. The number of hydrogen-bond acceptors (Lipinski definition) is 6. The molecule has 0 saturated carbocycles. The van der Waals surface area contributed by atoms with Gasteiger partial charge in [-0.25, -0.2) is 0 Å². The van der Waals surface area contributed by atoms with Gasteiger partial charge in [0.1, 0.15) is 6.23 Å². The fourth-order valence-corrected chi connectivity index (χ4v) is 6.33. The van der Waals surface area contributed by atoms with Crippen LogP contribution in [0.5, 0.6) is 0 Å². The highest BCUT2D eigenvalue weighted by Gasteiger charge is 2.38. The lowest BCUT2D eigenvalue weighted by Gasteiger charge is -2.37. The quantitative estimate of drug-likeness (QED) is 0.561. The molecule has 1 atom stereocenters. The molecular weight excluding hydrogens is 474 g/mol. The summed E-state index contributed by atoms with van der Waals surface area (Å²) in [5.41, 5.74) is 5.78. The van der Waals surface area contributed by atoms with Crippen LogP contribution in [-0.4, -0.2) is 54.6 Å². The number of rotatable bonds is 6. The SMILES string of the molecule is CC(=O)NC1(C)CS(=O)C1.COC(NC(C)(C)C)c1cncc(-c2nn(C(C)C)c3c2CCCC3)c1. The van der Waals surface area contributed by atoms with E-state index in [2.05, 4.69) is 61.0 Å². The van der Waals surface area contributed by atoms with Crippen molar-refractivity contribution in [1.82, 2.24) is 25.4 Å². The largest absolute Gasteiger partial charge is 0.362 e. The van der Waals surface area contributed by atoms with Crippen LogP contribution in [0.4, 0.5) is 0 Å². The number of carbonyl (C=O) groups is 1. The van der Waals surface area contributed by atoms with Crippen LogP contribution in [0.3, 0.4) is 0 Å². The Bertz CT molecular complexity index is 1080. The van der Waals surface area contributed by atoms with E-state index in [0.717, 1.165) is 29.7 Å². The van der Waals surface area contributed by atoms with E-state index in [1.807, 2.05) is 19.3 Å². The Kier molecular flexibility index (Phi) is 9.11. The maximum absolute atomic E-state index is 10.7. The van der Waals surface area contributed by atoms with Gasteiger partial charge in [-0.05, 0) is 73.3 Å². The van der Waals surface area contributed by atoms with Gasteiger partial charge in [0, 0.05) is 82.7 Å². The van der Waals surface area contributed by atoms with Crippen LogP contribution in [0.2, 0.25) is 0 Å². The Hall–Kier alpha value is -2.10. The minimum absolute atomic E-state index is 0.0424. The first-order valence-corrected chi connectivity index (χ1v) is 14.3. The maximum atomic E-state index is 10.7. The molecule has 2 aromatic heterocycles. The van der Waals surface area contributed by atoms with Crippen molar-refractivity contribution in [3.8, 4) is 11.3 Å². The number of hydrogen-bond donors (Lipinski definition) is 2. The molecule has 1 unspecified atom stereocenters. The molecule has 8 nitrogen and oxygen atoms in total. The van der Waals surface area contributed by atoms with E-state index in [4.69, 9.17) is 9.84 Å².